The largest absolute Gasteiger partial charge is 0.324 e. The van der Waals surface area contributed by atoms with Gasteiger partial charge >= 0.3 is 0 Å². The van der Waals surface area contributed by atoms with Gasteiger partial charge in [0.25, 0.3) is 5.69 Å². The van der Waals surface area contributed by atoms with Gasteiger partial charge in [-0.15, -0.1) is 0 Å². The molecule has 1 N–H and O–H groups in total. The topological polar surface area (TPSA) is 110 Å². The van der Waals surface area contributed by atoms with Gasteiger partial charge in [-0.25, -0.2) is 8.42 Å². The summed E-state index contributed by atoms with van der Waals surface area (Å²) in [6, 6.07) is 15.9. The molecule has 0 fully saturated rings. The van der Waals surface area contributed by atoms with E-state index in [0.29, 0.717) is 11.3 Å². The summed E-state index contributed by atoms with van der Waals surface area (Å²) in [5.41, 5.74) is 0.924. The third kappa shape index (κ3) is 4.66. The molecule has 0 spiro atoms. The number of fused-ring (bicyclic) bond motifs is 1. The summed E-state index contributed by atoms with van der Waals surface area (Å²) >= 11 is 0. The lowest BCUT2D eigenvalue weighted by atomic mass is 10.1. The third-order valence-corrected chi connectivity index (χ3v) is 6.18. The summed E-state index contributed by atoms with van der Waals surface area (Å²) in [7, 11) is -3.92. The Morgan fingerprint density at radius 1 is 1.13 bits per heavy atom. The number of hydrogen-bond donors (Lipinski definition) is 1. The van der Waals surface area contributed by atoms with Crippen molar-refractivity contribution >= 4 is 43.8 Å². The quantitative estimate of drug-likeness (QED) is 0.436. The zero-order valence-electron chi connectivity index (χ0n) is 17.4. The molecule has 0 aliphatic carbocycles. The van der Waals surface area contributed by atoms with E-state index in [9.17, 15) is 23.3 Å². The second-order valence-corrected chi connectivity index (χ2v) is 9.09. The lowest BCUT2D eigenvalue weighted by molar-refractivity contribution is -0.384. The Balaban J connectivity index is 2.05. The van der Waals surface area contributed by atoms with E-state index in [1.54, 1.807) is 26.0 Å². The minimum absolute atomic E-state index is 0.108. The van der Waals surface area contributed by atoms with E-state index >= 15 is 0 Å². The highest BCUT2D eigenvalue weighted by atomic mass is 32.2. The summed E-state index contributed by atoms with van der Waals surface area (Å²) in [6.45, 7) is 3.34. The molecule has 1 amide bonds. The van der Waals surface area contributed by atoms with Crippen molar-refractivity contribution < 1.29 is 18.1 Å². The molecule has 0 aliphatic heterocycles. The number of benzene rings is 3. The zero-order chi connectivity index (χ0) is 22.8. The van der Waals surface area contributed by atoms with Crippen LogP contribution in [-0.4, -0.2) is 31.5 Å². The first-order valence-electron chi connectivity index (χ1n) is 9.66. The number of anilines is 2. The molecule has 0 saturated heterocycles. The second kappa shape index (κ2) is 8.73. The van der Waals surface area contributed by atoms with Crippen LogP contribution in [0.5, 0.6) is 0 Å². The Bertz CT molecular complexity index is 1250. The number of nitrogens with zero attached hydrogens (tertiary/aromatic N) is 2. The van der Waals surface area contributed by atoms with Crippen LogP contribution >= 0.6 is 0 Å². The van der Waals surface area contributed by atoms with Crippen LogP contribution in [0.3, 0.4) is 0 Å². The van der Waals surface area contributed by atoms with Crippen molar-refractivity contribution in [3.63, 3.8) is 0 Å². The lowest BCUT2D eigenvalue weighted by Crippen LogP contribution is -2.47. The standard InChI is InChI=1S/C22H23N3O5S/c1-4-20(22(26)23-19-11-7-9-16-8-5-6-10-18(16)19)24(31(3,29)30)21-14-17(25(27)28)13-12-15(21)2/h5-14,20H,4H2,1-3H3,(H,23,26). The van der Waals surface area contributed by atoms with E-state index in [1.165, 1.54) is 18.2 Å². The van der Waals surface area contributed by atoms with Crippen LogP contribution in [0.15, 0.2) is 60.7 Å². The summed E-state index contributed by atoms with van der Waals surface area (Å²) < 4.78 is 26.4. The minimum Gasteiger partial charge on any atom is -0.324 e. The number of nitrogens with one attached hydrogen (secondary N) is 1. The predicted molar refractivity (Wildman–Crippen MR) is 122 cm³/mol. The minimum atomic E-state index is -3.92. The van der Waals surface area contributed by atoms with Crippen LogP contribution < -0.4 is 9.62 Å². The Kier molecular flexibility index (Phi) is 6.26. The Morgan fingerprint density at radius 2 is 1.81 bits per heavy atom. The number of nitro groups is 1. The van der Waals surface area contributed by atoms with Crippen molar-refractivity contribution in [3.05, 3.63) is 76.3 Å². The number of carbonyl (C=O) groups excluding carboxylic acids is 1. The fourth-order valence-electron chi connectivity index (χ4n) is 3.53. The van der Waals surface area contributed by atoms with Crippen LogP contribution in [0.1, 0.15) is 18.9 Å². The van der Waals surface area contributed by atoms with Crippen LogP contribution in [0, 0.1) is 17.0 Å². The third-order valence-electron chi connectivity index (χ3n) is 5.02. The van der Waals surface area contributed by atoms with Gasteiger partial charge in [-0.05, 0) is 30.4 Å². The Labute approximate surface area is 180 Å². The van der Waals surface area contributed by atoms with Gasteiger partial charge in [0.1, 0.15) is 6.04 Å². The summed E-state index contributed by atoms with van der Waals surface area (Å²) in [4.78, 5) is 23.9. The number of sulfonamides is 1. The van der Waals surface area contributed by atoms with Crippen LogP contribution in [0.2, 0.25) is 0 Å². The molecule has 31 heavy (non-hydrogen) atoms. The van der Waals surface area contributed by atoms with E-state index in [0.717, 1.165) is 21.3 Å². The molecule has 0 saturated carbocycles. The first-order chi connectivity index (χ1) is 14.6. The number of carbonyl (C=O) groups is 1. The fraction of sp³-hybridized carbons (Fsp3) is 0.227. The first kappa shape index (κ1) is 22.2. The number of amides is 1. The van der Waals surface area contributed by atoms with Gasteiger partial charge in [-0.3, -0.25) is 19.2 Å². The van der Waals surface area contributed by atoms with E-state index < -0.39 is 26.9 Å². The highest BCUT2D eigenvalue weighted by Crippen LogP contribution is 2.31. The van der Waals surface area contributed by atoms with E-state index in [2.05, 4.69) is 5.32 Å². The first-order valence-corrected chi connectivity index (χ1v) is 11.5. The Morgan fingerprint density at radius 3 is 2.45 bits per heavy atom. The van der Waals surface area contributed by atoms with Crippen molar-refractivity contribution in [2.24, 2.45) is 0 Å². The number of aryl methyl sites for hydroxylation is 1. The molecule has 3 aromatic rings. The molecule has 8 nitrogen and oxygen atoms in total. The van der Waals surface area contributed by atoms with Gasteiger partial charge in [0.2, 0.25) is 15.9 Å². The van der Waals surface area contributed by atoms with Crippen molar-refractivity contribution in [1.82, 2.24) is 0 Å². The van der Waals surface area contributed by atoms with Gasteiger partial charge in [0.15, 0.2) is 0 Å². The number of non-ortho nitro benzene ring substituents is 1. The normalized spacial score (nSPS) is 12.4. The molecule has 3 aromatic carbocycles. The number of nitro benzene ring substituents is 1. The maximum absolute atomic E-state index is 13.2. The highest BCUT2D eigenvalue weighted by molar-refractivity contribution is 7.92. The molecule has 0 bridgehead atoms. The van der Waals surface area contributed by atoms with Gasteiger partial charge < -0.3 is 5.32 Å². The van der Waals surface area contributed by atoms with E-state index in [-0.39, 0.29) is 17.8 Å². The van der Waals surface area contributed by atoms with Gasteiger partial charge in [0.05, 0.1) is 16.9 Å². The van der Waals surface area contributed by atoms with Crippen molar-refractivity contribution in [2.45, 2.75) is 26.3 Å². The van der Waals surface area contributed by atoms with Crippen molar-refractivity contribution in [3.8, 4) is 0 Å². The second-order valence-electron chi connectivity index (χ2n) is 7.23. The molecule has 0 heterocycles. The average Bonchev–Trinajstić information content (AvgIpc) is 2.71. The highest BCUT2D eigenvalue weighted by Gasteiger charge is 2.33. The number of rotatable bonds is 7. The molecule has 162 valence electrons. The molecule has 0 aromatic heterocycles. The predicted octanol–water partition coefficient (Wildman–Crippen LogP) is 4.24. The molecule has 0 radical (unpaired) electrons. The van der Waals surface area contributed by atoms with Gasteiger partial charge in [0, 0.05) is 23.2 Å². The molecule has 1 unspecified atom stereocenters. The van der Waals surface area contributed by atoms with Crippen LogP contribution in [0.4, 0.5) is 17.1 Å². The smallest absolute Gasteiger partial charge is 0.271 e. The zero-order valence-corrected chi connectivity index (χ0v) is 18.2. The molecule has 9 heteroatoms. The summed E-state index contributed by atoms with van der Waals surface area (Å²) in [6.07, 6.45) is 1.16. The van der Waals surface area contributed by atoms with Crippen molar-refractivity contribution in [1.29, 1.82) is 0 Å². The van der Waals surface area contributed by atoms with E-state index in [1.807, 2.05) is 30.3 Å². The van der Waals surface area contributed by atoms with Gasteiger partial charge in [-0.1, -0.05) is 49.4 Å². The maximum Gasteiger partial charge on any atom is 0.271 e. The average molecular weight is 442 g/mol. The van der Waals surface area contributed by atoms with Crippen molar-refractivity contribution in [2.75, 3.05) is 15.9 Å². The SMILES string of the molecule is CCC(C(=O)Nc1cccc2ccccc12)N(c1cc([N+](=O)[O-])ccc1C)S(C)(=O)=O. The lowest BCUT2D eigenvalue weighted by Gasteiger charge is -2.31. The molecular formula is C22H23N3O5S. The van der Waals surface area contributed by atoms with Crippen LogP contribution in [0.25, 0.3) is 10.8 Å². The summed E-state index contributed by atoms with van der Waals surface area (Å²) in [5.74, 6) is -0.518. The molecule has 1 atom stereocenters. The maximum atomic E-state index is 13.2. The van der Waals surface area contributed by atoms with Crippen LogP contribution in [-0.2, 0) is 14.8 Å². The van der Waals surface area contributed by atoms with Gasteiger partial charge in [-0.2, -0.15) is 0 Å². The number of hydrogen-bond acceptors (Lipinski definition) is 5. The summed E-state index contributed by atoms with van der Waals surface area (Å²) in [5, 5.41) is 15.8. The fourth-order valence-corrected chi connectivity index (χ4v) is 4.80. The molecule has 0 aliphatic rings. The molecular weight excluding hydrogens is 418 g/mol. The monoisotopic (exact) mass is 441 g/mol. The molecule has 3 rings (SSSR count). The van der Waals surface area contributed by atoms with E-state index in [4.69, 9.17) is 0 Å². The Hall–Kier alpha value is -3.46.